The van der Waals surface area contributed by atoms with E-state index in [0.29, 0.717) is 12.1 Å². The molecule has 0 aliphatic carbocycles. The molecule has 5 heteroatoms. The molecule has 4 nitrogen and oxygen atoms in total. The van der Waals surface area contributed by atoms with Crippen molar-refractivity contribution in [2.24, 2.45) is 0 Å². The van der Waals surface area contributed by atoms with Crippen molar-refractivity contribution in [3.8, 4) is 0 Å². The van der Waals surface area contributed by atoms with Gasteiger partial charge < -0.3 is 5.32 Å². The van der Waals surface area contributed by atoms with Gasteiger partial charge in [-0.25, -0.2) is 0 Å². The quantitative estimate of drug-likeness (QED) is 0.759. The number of aryl methyl sites for hydroxylation is 2. The second kappa shape index (κ2) is 4.30. The Balaban J connectivity index is 3.36. The Kier molecular flexibility index (Phi) is 3.49. The number of rotatable bonds is 3. The Morgan fingerprint density at radius 1 is 1.40 bits per heavy atom. The molecule has 0 spiro atoms. The van der Waals surface area contributed by atoms with Crippen LogP contribution in [0, 0.1) is 19.9 Å². The van der Waals surface area contributed by atoms with Crippen molar-refractivity contribution < 1.29 is 13.0 Å². The minimum atomic E-state index is -4.15. The van der Waals surface area contributed by atoms with Gasteiger partial charge >= 0.3 is 0 Å². The summed E-state index contributed by atoms with van der Waals surface area (Å²) in [6.07, 6.45) is 0. The van der Waals surface area contributed by atoms with Crippen LogP contribution in [0.3, 0.4) is 0 Å². The third kappa shape index (κ3) is 2.77. The first kappa shape index (κ1) is 12.2. The predicted octanol–water partition coefficient (Wildman–Crippen LogP) is 1.07. The Hall–Kier alpha value is -0.910. The summed E-state index contributed by atoms with van der Waals surface area (Å²) in [6.45, 7) is 4.01. The lowest BCUT2D eigenvalue weighted by Gasteiger charge is -2.09. The van der Waals surface area contributed by atoms with Crippen molar-refractivity contribution in [1.29, 1.82) is 0 Å². The molecule has 0 fully saturated rings. The van der Waals surface area contributed by atoms with Crippen LogP contribution in [0.5, 0.6) is 0 Å². The van der Waals surface area contributed by atoms with Gasteiger partial charge in [0.15, 0.2) is 0 Å². The molecule has 0 bridgehead atoms. The fraction of sp³-hybridized carbons (Fsp3) is 0.400. The average molecular weight is 228 g/mol. The summed E-state index contributed by atoms with van der Waals surface area (Å²) in [6, 6.07) is 4.40. The van der Waals surface area contributed by atoms with Gasteiger partial charge in [0, 0.05) is 6.54 Å². The Labute approximate surface area is 90.1 Å². The smallest absolute Gasteiger partial charge is 0.294 e. The summed E-state index contributed by atoms with van der Waals surface area (Å²) in [5.74, 6) is 0. The van der Waals surface area contributed by atoms with Crippen molar-refractivity contribution in [3.63, 3.8) is 0 Å². The largest absolute Gasteiger partial charge is 0.316 e. The molecule has 2 N–H and O–H groups in total. The minimum Gasteiger partial charge on any atom is -0.316 e. The van der Waals surface area contributed by atoms with Crippen LogP contribution in [-0.4, -0.2) is 20.0 Å². The summed E-state index contributed by atoms with van der Waals surface area (Å²) in [4.78, 5) is -0.0710. The molecule has 0 saturated carbocycles. The zero-order valence-corrected chi connectivity index (χ0v) is 9.77. The van der Waals surface area contributed by atoms with Crippen LogP contribution in [0.2, 0.25) is 0 Å². The number of benzene rings is 1. The van der Waals surface area contributed by atoms with Crippen molar-refractivity contribution in [2.45, 2.75) is 25.3 Å². The molecule has 0 aromatic heterocycles. The molecule has 0 atom stereocenters. The van der Waals surface area contributed by atoms with Gasteiger partial charge in [-0.15, -0.1) is 0 Å². The highest BCUT2D eigenvalue weighted by molar-refractivity contribution is 7.85. The van der Waals surface area contributed by atoms with Gasteiger partial charge in [0.25, 0.3) is 10.1 Å². The Bertz CT molecular complexity index is 466. The molecular formula is C10H14NO3S. The Morgan fingerprint density at radius 2 is 2.00 bits per heavy atom. The zero-order chi connectivity index (χ0) is 11.6. The molecule has 1 rings (SSSR count). The lowest BCUT2D eigenvalue weighted by molar-refractivity contribution is 0.482. The molecule has 0 aliphatic heterocycles. The Morgan fingerprint density at radius 3 is 2.47 bits per heavy atom. The number of nitrogens with one attached hydrogen (secondary N) is 1. The van der Waals surface area contributed by atoms with Gasteiger partial charge in [-0.3, -0.25) is 4.55 Å². The second-order valence-corrected chi connectivity index (χ2v) is 4.80. The molecule has 1 aromatic carbocycles. The topological polar surface area (TPSA) is 66.4 Å². The summed E-state index contributed by atoms with van der Waals surface area (Å²) >= 11 is 0. The third-order valence-electron chi connectivity index (χ3n) is 2.18. The van der Waals surface area contributed by atoms with Crippen LogP contribution in [0.15, 0.2) is 11.0 Å². The van der Waals surface area contributed by atoms with Gasteiger partial charge in [0.05, 0.1) is 4.90 Å². The fourth-order valence-corrected chi connectivity index (χ4v) is 2.17. The molecule has 0 aliphatic rings. The van der Waals surface area contributed by atoms with Crippen LogP contribution < -0.4 is 5.32 Å². The summed E-state index contributed by atoms with van der Waals surface area (Å²) in [5, 5.41) is 2.93. The van der Waals surface area contributed by atoms with E-state index >= 15 is 0 Å². The van der Waals surface area contributed by atoms with Crippen LogP contribution in [0.25, 0.3) is 0 Å². The summed E-state index contributed by atoms with van der Waals surface area (Å²) < 4.78 is 31.1. The maximum atomic E-state index is 11.0. The minimum absolute atomic E-state index is 0.0710. The van der Waals surface area contributed by atoms with Crippen LogP contribution in [-0.2, 0) is 16.7 Å². The molecule has 83 valence electrons. The van der Waals surface area contributed by atoms with E-state index in [0.717, 1.165) is 11.1 Å². The number of hydrogen-bond acceptors (Lipinski definition) is 3. The average Bonchev–Trinajstić information content (AvgIpc) is 2.07. The third-order valence-corrected chi connectivity index (χ3v) is 3.16. The standard InChI is InChI=1S/C10H14NO3S/c1-7-4-8(2)10(15(12,13)14)5-9(7)6-11-3/h5,11H,6H2,1-3H3,(H,12,13,14). The van der Waals surface area contributed by atoms with E-state index in [2.05, 4.69) is 11.4 Å². The van der Waals surface area contributed by atoms with Crippen LogP contribution in [0.4, 0.5) is 0 Å². The highest BCUT2D eigenvalue weighted by Gasteiger charge is 2.15. The normalized spacial score (nSPS) is 11.7. The van der Waals surface area contributed by atoms with Crippen molar-refractivity contribution in [3.05, 3.63) is 28.8 Å². The van der Waals surface area contributed by atoms with Gasteiger partial charge in [0.2, 0.25) is 0 Å². The molecule has 0 unspecified atom stereocenters. The predicted molar refractivity (Wildman–Crippen MR) is 57.3 cm³/mol. The first-order chi connectivity index (χ1) is 6.86. The summed E-state index contributed by atoms with van der Waals surface area (Å²) in [7, 11) is -2.38. The monoisotopic (exact) mass is 228 g/mol. The molecule has 1 radical (unpaired) electrons. The van der Waals surface area contributed by atoms with Crippen molar-refractivity contribution in [1.82, 2.24) is 5.32 Å². The first-order valence-electron chi connectivity index (χ1n) is 4.50. The first-order valence-corrected chi connectivity index (χ1v) is 5.94. The fourth-order valence-electron chi connectivity index (χ4n) is 1.44. The van der Waals surface area contributed by atoms with Gasteiger partial charge in [-0.05, 0) is 49.7 Å². The van der Waals surface area contributed by atoms with Crippen molar-refractivity contribution >= 4 is 10.1 Å². The summed E-state index contributed by atoms with van der Waals surface area (Å²) in [5.41, 5.74) is 2.14. The van der Waals surface area contributed by atoms with E-state index in [1.807, 2.05) is 6.92 Å². The van der Waals surface area contributed by atoms with E-state index in [1.165, 1.54) is 6.07 Å². The lowest BCUT2D eigenvalue weighted by atomic mass is 10.1. The molecule has 1 aromatic rings. The van der Waals surface area contributed by atoms with E-state index in [-0.39, 0.29) is 4.90 Å². The maximum absolute atomic E-state index is 11.0. The van der Waals surface area contributed by atoms with Gasteiger partial charge in [0.1, 0.15) is 0 Å². The zero-order valence-electron chi connectivity index (χ0n) is 8.96. The SMILES string of the molecule is CNCc1cc(S(=O)(=O)O)c(C)[c]c1C. The molecule has 15 heavy (non-hydrogen) atoms. The lowest BCUT2D eigenvalue weighted by Crippen LogP contribution is -2.09. The molecular weight excluding hydrogens is 214 g/mol. The second-order valence-electron chi connectivity index (χ2n) is 3.41. The van der Waals surface area contributed by atoms with Crippen LogP contribution in [0.1, 0.15) is 16.7 Å². The number of hydrogen-bond donors (Lipinski definition) is 2. The van der Waals surface area contributed by atoms with E-state index in [1.54, 1.807) is 14.0 Å². The highest BCUT2D eigenvalue weighted by atomic mass is 32.2. The van der Waals surface area contributed by atoms with Gasteiger partial charge in [-0.2, -0.15) is 8.42 Å². The molecule has 0 heterocycles. The van der Waals surface area contributed by atoms with Crippen molar-refractivity contribution in [2.75, 3.05) is 7.05 Å². The maximum Gasteiger partial charge on any atom is 0.294 e. The van der Waals surface area contributed by atoms with E-state index < -0.39 is 10.1 Å². The van der Waals surface area contributed by atoms with Gasteiger partial charge in [-0.1, -0.05) is 0 Å². The van der Waals surface area contributed by atoms with E-state index in [9.17, 15) is 8.42 Å². The molecule has 0 saturated heterocycles. The van der Waals surface area contributed by atoms with E-state index in [4.69, 9.17) is 4.55 Å². The molecule has 0 amide bonds. The van der Waals surface area contributed by atoms with Crippen LogP contribution >= 0.6 is 0 Å². The highest BCUT2D eigenvalue weighted by Crippen LogP contribution is 2.19.